The highest BCUT2D eigenvalue weighted by Gasteiger charge is 2.36. The van der Waals surface area contributed by atoms with Gasteiger partial charge in [-0.15, -0.1) is 12.4 Å². The Morgan fingerprint density at radius 2 is 2.00 bits per heavy atom. The Hall–Kier alpha value is -2.76. The van der Waals surface area contributed by atoms with E-state index in [0.29, 0.717) is 29.7 Å². The Morgan fingerprint density at radius 1 is 1.26 bits per heavy atom. The molecule has 0 bridgehead atoms. The molecule has 3 N–H and O–H groups in total. The summed E-state index contributed by atoms with van der Waals surface area (Å²) in [6.07, 6.45) is 0.640. The smallest absolute Gasteiger partial charge is 0.197 e. The summed E-state index contributed by atoms with van der Waals surface area (Å²) in [6.45, 7) is 0.567. The van der Waals surface area contributed by atoms with Crippen molar-refractivity contribution in [3.63, 3.8) is 0 Å². The van der Waals surface area contributed by atoms with Crippen LogP contribution in [0.2, 0.25) is 5.02 Å². The molecule has 1 saturated heterocycles. The van der Waals surface area contributed by atoms with E-state index in [4.69, 9.17) is 21.3 Å². The van der Waals surface area contributed by atoms with E-state index in [-0.39, 0.29) is 64.2 Å². The molecule has 9 heteroatoms. The van der Waals surface area contributed by atoms with E-state index in [1.165, 1.54) is 12.1 Å². The number of aliphatic hydroxyl groups excluding tert-OH is 1. The van der Waals surface area contributed by atoms with Crippen LogP contribution in [0.1, 0.15) is 23.5 Å². The number of nitrogens with zero attached hydrogens (tertiary/aromatic N) is 2. The molecule has 2 aromatic carbocycles. The molecule has 0 saturated carbocycles. The van der Waals surface area contributed by atoms with Crippen molar-refractivity contribution in [2.45, 2.75) is 18.4 Å². The predicted octanol–water partition coefficient (Wildman–Crippen LogP) is 3.60. The lowest BCUT2D eigenvalue weighted by Gasteiger charge is -2.24. The van der Waals surface area contributed by atoms with Gasteiger partial charge in [-0.2, -0.15) is 5.26 Å². The zero-order valence-corrected chi connectivity index (χ0v) is 18.1. The van der Waals surface area contributed by atoms with Crippen molar-refractivity contribution in [3.8, 4) is 28.9 Å². The summed E-state index contributed by atoms with van der Waals surface area (Å²) in [5.41, 5.74) is 0.717. The molecular weight excluding hydrogens is 443 g/mol. The topological polar surface area (TPSA) is 118 Å². The quantitative estimate of drug-likeness (QED) is 0.543. The van der Waals surface area contributed by atoms with Gasteiger partial charge < -0.3 is 24.6 Å². The Morgan fingerprint density at radius 3 is 2.65 bits per heavy atom. The molecule has 7 nitrogen and oxygen atoms in total. The number of likely N-dealkylation sites (N-methyl/N-ethyl adjacent to an activating group) is 1. The predicted molar refractivity (Wildman–Crippen MR) is 119 cm³/mol. The highest BCUT2D eigenvalue weighted by Crippen LogP contribution is 2.44. The van der Waals surface area contributed by atoms with Crippen LogP contribution in [0, 0.1) is 11.3 Å². The first-order chi connectivity index (χ1) is 14.3. The molecular formula is C22H20Cl2N2O5. The van der Waals surface area contributed by atoms with Crippen molar-refractivity contribution in [2.75, 3.05) is 20.2 Å². The third kappa shape index (κ3) is 3.84. The molecule has 1 aliphatic rings. The molecule has 1 aromatic heterocycles. The second-order valence-electron chi connectivity index (χ2n) is 7.44. The number of phenolic OH excluding ortho intramolecular Hbond substituents is 2. The number of benzene rings is 2. The SMILES string of the molecule is CN1CC[C@H](c2c(O)cc(O)c3c(=O)cc(-c4ccc(C#N)cc4Cl)oc23)[C@H]1CO.Cl. The number of likely N-dealkylation sites (tertiary alicyclic amines) is 1. The maximum atomic E-state index is 12.9. The molecule has 1 aliphatic heterocycles. The Labute approximate surface area is 189 Å². The second kappa shape index (κ2) is 8.77. The van der Waals surface area contributed by atoms with Crippen LogP contribution in [0.3, 0.4) is 0 Å². The summed E-state index contributed by atoms with van der Waals surface area (Å²) >= 11 is 6.29. The molecule has 162 valence electrons. The van der Waals surface area contributed by atoms with Gasteiger partial charge in [0.1, 0.15) is 28.2 Å². The standard InChI is InChI=1S/C22H19ClN2O5.ClH/c1-25-5-4-13(15(25)10-26)20-16(27)7-17(28)21-18(29)8-19(30-22(20)21)12-3-2-11(9-24)6-14(12)23;/h2-3,6-8,13,15,26-28H,4-5,10H2,1H3;1H/t13-,15+;/m0./s1. The van der Waals surface area contributed by atoms with Gasteiger partial charge in [-0.05, 0) is 38.2 Å². The lowest BCUT2D eigenvalue weighted by Crippen LogP contribution is -2.32. The minimum atomic E-state index is -0.489. The molecule has 4 rings (SSSR count). The fourth-order valence-corrected chi connectivity index (χ4v) is 4.48. The van der Waals surface area contributed by atoms with Crippen LogP contribution >= 0.6 is 24.0 Å². The highest BCUT2D eigenvalue weighted by atomic mass is 35.5. The van der Waals surface area contributed by atoms with Crippen LogP contribution in [0.4, 0.5) is 0 Å². The lowest BCUT2D eigenvalue weighted by atomic mass is 9.89. The fourth-order valence-electron chi connectivity index (χ4n) is 4.21. The van der Waals surface area contributed by atoms with Crippen molar-refractivity contribution in [1.29, 1.82) is 5.26 Å². The van der Waals surface area contributed by atoms with Crippen molar-refractivity contribution in [3.05, 3.63) is 56.7 Å². The Kier molecular flexibility index (Phi) is 6.48. The number of halogens is 2. The summed E-state index contributed by atoms with van der Waals surface area (Å²) in [6, 6.07) is 8.68. The number of hydrogen-bond acceptors (Lipinski definition) is 7. The van der Waals surface area contributed by atoms with Gasteiger partial charge in [-0.25, -0.2) is 0 Å². The van der Waals surface area contributed by atoms with E-state index in [0.717, 1.165) is 6.07 Å². The first-order valence-electron chi connectivity index (χ1n) is 9.39. The number of hydrogen-bond donors (Lipinski definition) is 3. The molecule has 3 aromatic rings. The number of fused-ring (bicyclic) bond motifs is 1. The van der Waals surface area contributed by atoms with Gasteiger partial charge in [-0.3, -0.25) is 4.79 Å². The van der Waals surface area contributed by atoms with Gasteiger partial charge in [-0.1, -0.05) is 11.6 Å². The van der Waals surface area contributed by atoms with Crippen LogP contribution in [-0.2, 0) is 0 Å². The lowest BCUT2D eigenvalue weighted by molar-refractivity contribution is 0.172. The van der Waals surface area contributed by atoms with Crippen LogP contribution in [-0.4, -0.2) is 46.5 Å². The number of aliphatic hydroxyl groups is 1. The Balaban J connectivity index is 0.00000272. The largest absolute Gasteiger partial charge is 0.507 e. The van der Waals surface area contributed by atoms with Crippen LogP contribution in [0.5, 0.6) is 11.5 Å². The minimum Gasteiger partial charge on any atom is -0.507 e. The van der Waals surface area contributed by atoms with Gasteiger partial charge >= 0.3 is 0 Å². The number of nitriles is 1. The van der Waals surface area contributed by atoms with Gasteiger partial charge in [0.05, 0.1) is 23.3 Å². The Bertz CT molecular complexity index is 1250. The maximum absolute atomic E-state index is 12.9. The van der Waals surface area contributed by atoms with Crippen LogP contribution < -0.4 is 5.43 Å². The van der Waals surface area contributed by atoms with Crippen LogP contribution in [0.15, 0.2) is 39.5 Å². The average molecular weight is 463 g/mol. The summed E-state index contributed by atoms with van der Waals surface area (Å²) in [7, 11) is 1.87. The van der Waals surface area contributed by atoms with Gasteiger partial charge in [0.15, 0.2) is 5.43 Å². The van der Waals surface area contributed by atoms with Crippen molar-refractivity contribution < 1.29 is 19.7 Å². The second-order valence-corrected chi connectivity index (χ2v) is 7.85. The molecule has 2 heterocycles. The number of phenols is 2. The molecule has 0 amide bonds. The molecule has 0 aliphatic carbocycles. The van der Waals surface area contributed by atoms with E-state index in [2.05, 4.69) is 0 Å². The molecule has 0 spiro atoms. The van der Waals surface area contributed by atoms with E-state index < -0.39 is 5.43 Å². The van der Waals surface area contributed by atoms with E-state index in [1.807, 2.05) is 18.0 Å². The van der Waals surface area contributed by atoms with E-state index in [9.17, 15) is 20.1 Å². The zero-order chi connectivity index (χ0) is 21.6. The molecule has 31 heavy (non-hydrogen) atoms. The van der Waals surface area contributed by atoms with Gasteiger partial charge in [0.2, 0.25) is 0 Å². The van der Waals surface area contributed by atoms with Crippen LogP contribution in [0.25, 0.3) is 22.3 Å². The summed E-state index contributed by atoms with van der Waals surface area (Å²) < 4.78 is 6.03. The average Bonchev–Trinajstić information content (AvgIpc) is 3.07. The summed E-state index contributed by atoms with van der Waals surface area (Å²) in [5, 5.41) is 40.0. The monoisotopic (exact) mass is 462 g/mol. The van der Waals surface area contributed by atoms with E-state index >= 15 is 0 Å². The van der Waals surface area contributed by atoms with Crippen molar-refractivity contribution >= 4 is 35.0 Å². The highest BCUT2D eigenvalue weighted by molar-refractivity contribution is 6.33. The number of rotatable bonds is 3. The fraction of sp³-hybridized carbons (Fsp3) is 0.273. The first-order valence-corrected chi connectivity index (χ1v) is 9.77. The molecule has 1 fully saturated rings. The van der Waals surface area contributed by atoms with Crippen molar-refractivity contribution in [2.24, 2.45) is 0 Å². The summed E-state index contributed by atoms with van der Waals surface area (Å²) in [5.74, 6) is -0.729. The number of aromatic hydroxyl groups is 2. The third-order valence-electron chi connectivity index (χ3n) is 5.74. The van der Waals surface area contributed by atoms with Gasteiger partial charge in [0.25, 0.3) is 0 Å². The third-order valence-corrected chi connectivity index (χ3v) is 6.06. The van der Waals surface area contributed by atoms with E-state index in [1.54, 1.807) is 12.1 Å². The molecule has 0 unspecified atom stereocenters. The zero-order valence-electron chi connectivity index (χ0n) is 16.5. The normalized spacial score (nSPS) is 18.6. The maximum Gasteiger partial charge on any atom is 0.197 e. The molecule has 2 atom stereocenters. The molecule has 0 radical (unpaired) electrons. The summed E-state index contributed by atoms with van der Waals surface area (Å²) in [4.78, 5) is 14.8. The van der Waals surface area contributed by atoms with Crippen molar-refractivity contribution in [1.82, 2.24) is 4.90 Å². The van der Waals surface area contributed by atoms with Gasteiger partial charge in [0, 0.05) is 35.2 Å². The minimum absolute atomic E-state index is 0. The first kappa shape index (κ1) is 22.9.